The molecule has 0 aromatic carbocycles. The van der Waals surface area contributed by atoms with Gasteiger partial charge in [0.1, 0.15) is 0 Å². The van der Waals surface area contributed by atoms with Crippen molar-refractivity contribution in [2.24, 2.45) is 5.41 Å². The number of nitrogens with zero attached hydrogens (tertiary/aromatic N) is 2. The zero-order chi connectivity index (χ0) is 16.2. The average Bonchev–Trinajstić information content (AvgIpc) is 3.15. The molecule has 6 heteroatoms. The summed E-state index contributed by atoms with van der Waals surface area (Å²) in [6.07, 6.45) is 2.59. The molecule has 1 spiro atoms. The zero-order valence-electron chi connectivity index (χ0n) is 13.7. The van der Waals surface area contributed by atoms with Crippen molar-refractivity contribution in [1.82, 2.24) is 9.80 Å². The molecule has 3 heterocycles. The average molecular weight is 399 g/mol. The molecule has 1 aromatic rings. The van der Waals surface area contributed by atoms with E-state index in [0.29, 0.717) is 5.41 Å². The number of fused-ring (bicyclic) bond motifs is 1. The van der Waals surface area contributed by atoms with Gasteiger partial charge in [0.15, 0.2) is 0 Å². The first kappa shape index (κ1) is 16.1. The van der Waals surface area contributed by atoms with E-state index in [4.69, 9.17) is 4.74 Å². The molecule has 1 saturated carbocycles. The number of ether oxygens (including phenoxy) is 1. The number of hydrogen-bond acceptors (Lipinski definition) is 4. The maximum atomic E-state index is 12.8. The van der Waals surface area contributed by atoms with E-state index < -0.39 is 0 Å². The van der Waals surface area contributed by atoms with Crippen molar-refractivity contribution in [2.45, 2.75) is 32.2 Å². The number of amides is 1. The van der Waals surface area contributed by atoms with Gasteiger partial charge in [0.25, 0.3) is 5.91 Å². The van der Waals surface area contributed by atoms with Crippen molar-refractivity contribution in [3.05, 3.63) is 20.3 Å². The van der Waals surface area contributed by atoms with Crippen LogP contribution in [0.25, 0.3) is 0 Å². The van der Waals surface area contributed by atoms with Crippen LogP contribution in [0.15, 0.2) is 9.85 Å². The van der Waals surface area contributed by atoms with E-state index in [1.165, 1.54) is 17.7 Å². The molecular weight excluding hydrogens is 376 g/mol. The molecule has 0 bridgehead atoms. The molecule has 1 aromatic heterocycles. The normalized spacial score (nSPS) is 25.7. The van der Waals surface area contributed by atoms with E-state index in [-0.39, 0.29) is 11.4 Å². The highest BCUT2D eigenvalue weighted by Gasteiger charge is 2.47. The summed E-state index contributed by atoms with van der Waals surface area (Å²) in [7, 11) is 0. The Labute approximate surface area is 149 Å². The van der Waals surface area contributed by atoms with Crippen molar-refractivity contribution < 1.29 is 9.53 Å². The fraction of sp³-hybridized carbons (Fsp3) is 0.706. The number of thiophene rings is 1. The molecule has 4 rings (SSSR count). The monoisotopic (exact) mass is 398 g/mol. The number of carbonyl (C=O) groups is 1. The van der Waals surface area contributed by atoms with Gasteiger partial charge in [-0.25, -0.2) is 0 Å². The Morgan fingerprint density at radius 1 is 1.35 bits per heavy atom. The van der Waals surface area contributed by atoms with Gasteiger partial charge >= 0.3 is 0 Å². The number of carbonyl (C=O) groups excluding carboxylic acids is 1. The van der Waals surface area contributed by atoms with E-state index in [1.54, 1.807) is 11.3 Å². The minimum Gasteiger partial charge on any atom is -0.379 e. The molecule has 1 saturated heterocycles. The molecule has 0 radical (unpaired) electrons. The lowest BCUT2D eigenvalue weighted by Crippen LogP contribution is -2.45. The smallest absolute Gasteiger partial charge is 0.255 e. The first-order chi connectivity index (χ1) is 10.9. The van der Waals surface area contributed by atoms with Crippen LogP contribution in [0.5, 0.6) is 0 Å². The minimum atomic E-state index is -0.206. The topological polar surface area (TPSA) is 32.8 Å². The van der Waals surface area contributed by atoms with Crippen LogP contribution < -0.4 is 0 Å². The van der Waals surface area contributed by atoms with Crippen LogP contribution >= 0.6 is 27.3 Å². The molecule has 0 unspecified atom stereocenters. The highest BCUT2D eigenvalue weighted by molar-refractivity contribution is 9.11. The molecule has 2 aliphatic heterocycles. The Kier molecular flexibility index (Phi) is 3.87. The Bertz CT molecular complexity index is 639. The lowest BCUT2D eigenvalue weighted by Gasteiger charge is -2.34. The van der Waals surface area contributed by atoms with E-state index in [1.807, 2.05) is 11.0 Å². The van der Waals surface area contributed by atoms with Crippen LogP contribution in [0.1, 0.15) is 41.9 Å². The van der Waals surface area contributed by atoms with E-state index in [9.17, 15) is 4.79 Å². The van der Waals surface area contributed by atoms with Crippen molar-refractivity contribution >= 4 is 33.2 Å². The number of halogens is 1. The van der Waals surface area contributed by atoms with Crippen molar-refractivity contribution in [3.8, 4) is 0 Å². The Morgan fingerprint density at radius 3 is 2.83 bits per heavy atom. The second kappa shape index (κ2) is 5.55. The molecular formula is C17H23BrN2O2S. The third-order valence-electron chi connectivity index (χ3n) is 5.52. The first-order valence-corrected chi connectivity index (χ1v) is 9.94. The van der Waals surface area contributed by atoms with Crippen LogP contribution in [0, 0.1) is 5.41 Å². The summed E-state index contributed by atoms with van der Waals surface area (Å²) in [6, 6.07) is 1.98. The largest absolute Gasteiger partial charge is 0.379 e. The maximum Gasteiger partial charge on any atom is 0.255 e. The van der Waals surface area contributed by atoms with Gasteiger partial charge in [-0.2, -0.15) is 0 Å². The summed E-state index contributed by atoms with van der Waals surface area (Å²) in [5.41, 5.74) is 1.09. The fourth-order valence-electron chi connectivity index (χ4n) is 3.87. The molecule has 1 aliphatic carbocycles. The van der Waals surface area contributed by atoms with Gasteiger partial charge < -0.3 is 9.64 Å². The number of hydrogen-bond donors (Lipinski definition) is 0. The third-order valence-corrected chi connectivity index (χ3v) is 7.48. The molecule has 23 heavy (non-hydrogen) atoms. The lowest BCUT2D eigenvalue weighted by molar-refractivity contribution is 0.0582. The highest BCUT2D eigenvalue weighted by atomic mass is 79.9. The van der Waals surface area contributed by atoms with Gasteiger partial charge in [0.2, 0.25) is 0 Å². The standard InChI is InChI=1S/C17H23BrN2O2S/c1-16(2)14-12(9-13(18)23-14)15(21)20(16)6-5-19-7-8-22-11-17(10-19)3-4-17/h9H,3-8,10-11H2,1-2H3. The van der Waals surface area contributed by atoms with Crippen LogP contribution in [0.4, 0.5) is 0 Å². The van der Waals surface area contributed by atoms with Gasteiger partial charge in [0.05, 0.1) is 28.1 Å². The van der Waals surface area contributed by atoms with Gasteiger partial charge in [-0.3, -0.25) is 9.69 Å². The van der Waals surface area contributed by atoms with Crippen molar-refractivity contribution in [1.29, 1.82) is 0 Å². The minimum absolute atomic E-state index is 0.180. The SMILES string of the molecule is CC1(C)c2sc(Br)cc2C(=O)N1CCN1CCOCC2(CC2)C1. The molecule has 0 N–H and O–H groups in total. The predicted molar refractivity (Wildman–Crippen MR) is 95.0 cm³/mol. The third kappa shape index (κ3) is 2.77. The maximum absolute atomic E-state index is 12.8. The van der Waals surface area contributed by atoms with Crippen molar-refractivity contribution in [3.63, 3.8) is 0 Å². The number of rotatable bonds is 3. The van der Waals surface area contributed by atoms with E-state index in [0.717, 1.165) is 48.7 Å². The summed E-state index contributed by atoms with van der Waals surface area (Å²) in [6.45, 7) is 9.90. The van der Waals surface area contributed by atoms with Crippen LogP contribution in [0.3, 0.4) is 0 Å². The van der Waals surface area contributed by atoms with Gasteiger partial charge in [-0.1, -0.05) is 0 Å². The van der Waals surface area contributed by atoms with Gasteiger partial charge in [-0.15, -0.1) is 11.3 Å². The first-order valence-electron chi connectivity index (χ1n) is 8.33. The second-order valence-electron chi connectivity index (χ2n) is 7.64. The predicted octanol–water partition coefficient (Wildman–Crippen LogP) is 3.31. The van der Waals surface area contributed by atoms with Crippen LogP contribution in [-0.2, 0) is 10.3 Å². The Morgan fingerprint density at radius 2 is 2.13 bits per heavy atom. The molecule has 0 atom stereocenters. The molecule has 126 valence electrons. The lowest BCUT2D eigenvalue weighted by atomic mass is 10.0. The molecule has 1 amide bonds. The summed E-state index contributed by atoms with van der Waals surface area (Å²) in [5, 5.41) is 0. The van der Waals surface area contributed by atoms with Gasteiger partial charge in [0, 0.05) is 36.5 Å². The quantitative estimate of drug-likeness (QED) is 0.782. The highest BCUT2D eigenvalue weighted by Crippen LogP contribution is 2.47. The van der Waals surface area contributed by atoms with Gasteiger partial charge in [-0.05, 0) is 48.7 Å². The second-order valence-corrected chi connectivity index (χ2v) is 10.1. The Hall–Kier alpha value is -0.430. The molecule has 3 aliphatic rings. The van der Waals surface area contributed by atoms with E-state index >= 15 is 0 Å². The zero-order valence-corrected chi connectivity index (χ0v) is 16.1. The van der Waals surface area contributed by atoms with Crippen molar-refractivity contribution in [2.75, 3.05) is 39.4 Å². The van der Waals surface area contributed by atoms with Crippen LogP contribution in [-0.4, -0.2) is 55.1 Å². The Balaban J connectivity index is 1.45. The molecule has 4 nitrogen and oxygen atoms in total. The molecule has 2 fully saturated rings. The summed E-state index contributed by atoms with van der Waals surface area (Å²) in [5.74, 6) is 0.180. The summed E-state index contributed by atoms with van der Waals surface area (Å²) in [4.78, 5) is 18.5. The van der Waals surface area contributed by atoms with Crippen LogP contribution in [0.2, 0.25) is 0 Å². The summed E-state index contributed by atoms with van der Waals surface area (Å²) >= 11 is 5.20. The summed E-state index contributed by atoms with van der Waals surface area (Å²) < 4.78 is 6.81. The van der Waals surface area contributed by atoms with E-state index in [2.05, 4.69) is 34.7 Å². The fourth-order valence-corrected chi connectivity index (χ4v) is 5.57.